The molecule has 0 aliphatic carbocycles. The SMILES string of the molecule is CNC(=O)CNc1ccc(C(=O)OC)cc1N. The number of carbonyl (C=O) groups is 2. The van der Waals surface area contributed by atoms with Crippen LogP contribution in [-0.4, -0.2) is 32.6 Å². The summed E-state index contributed by atoms with van der Waals surface area (Å²) >= 11 is 0. The van der Waals surface area contributed by atoms with Crippen LogP contribution in [-0.2, 0) is 9.53 Å². The molecule has 0 heterocycles. The number of rotatable bonds is 4. The normalized spacial score (nSPS) is 9.53. The number of likely N-dealkylation sites (N-methyl/N-ethyl adjacent to an activating group) is 1. The van der Waals surface area contributed by atoms with Gasteiger partial charge in [0, 0.05) is 7.05 Å². The highest BCUT2D eigenvalue weighted by Crippen LogP contribution is 2.19. The molecule has 0 aromatic heterocycles. The van der Waals surface area contributed by atoms with Crippen molar-refractivity contribution in [2.24, 2.45) is 0 Å². The quantitative estimate of drug-likeness (QED) is 0.514. The van der Waals surface area contributed by atoms with Crippen molar-refractivity contribution in [3.05, 3.63) is 23.8 Å². The summed E-state index contributed by atoms with van der Waals surface area (Å²) in [5.74, 6) is -0.601. The Balaban J connectivity index is 2.76. The van der Waals surface area contributed by atoms with Gasteiger partial charge in [-0.25, -0.2) is 4.79 Å². The predicted molar refractivity (Wildman–Crippen MR) is 64.8 cm³/mol. The number of methoxy groups -OCH3 is 1. The van der Waals surface area contributed by atoms with E-state index in [0.717, 1.165) is 0 Å². The van der Waals surface area contributed by atoms with Crippen molar-refractivity contribution in [3.8, 4) is 0 Å². The highest BCUT2D eigenvalue weighted by atomic mass is 16.5. The largest absolute Gasteiger partial charge is 0.465 e. The smallest absolute Gasteiger partial charge is 0.337 e. The number of ether oxygens (including phenoxy) is 1. The summed E-state index contributed by atoms with van der Waals surface area (Å²) < 4.78 is 4.57. The van der Waals surface area contributed by atoms with Gasteiger partial charge in [0.25, 0.3) is 0 Å². The minimum atomic E-state index is -0.449. The Labute approximate surface area is 99.1 Å². The average Bonchev–Trinajstić information content (AvgIpc) is 2.35. The van der Waals surface area contributed by atoms with Gasteiger partial charge in [0.05, 0.1) is 30.6 Å². The van der Waals surface area contributed by atoms with E-state index in [9.17, 15) is 9.59 Å². The lowest BCUT2D eigenvalue weighted by atomic mass is 10.1. The molecule has 1 aromatic carbocycles. The van der Waals surface area contributed by atoms with Crippen LogP contribution in [0.5, 0.6) is 0 Å². The minimum Gasteiger partial charge on any atom is -0.465 e. The molecule has 1 amide bonds. The van der Waals surface area contributed by atoms with E-state index in [1.165, 1.54) is 13.2 Å². The molecule has 0 spiro atoms. The molecule has 0 bridgehead atoms. The lowest BCUT2D eigenvalue weighted by Gasteiger charge is -2.09. The number of carbonyl (C=O) groups excluding carboxylic acids is 2. The van der Waals surface area contributed by atoms with Gasteiger partial charge in [-0.3, -0.25) is 4.79 Å². The lowest BCUT2D eigenvalue weighted by Crippen LogP contribution is -2.26. The molecule has 1 rings (SSSR count). The minimum absolute atomic E-state index is 0.123. The molecule has 0 saturated carbocycles. The Morgan fingerprint density at radius 3 is 2.65 bits per heavy atom. The Morgan fingerprint density at radius 2 is 2.12 bits per heavy atom. The molecule has 0 unspecified atom stereocenters. The van der Waals surface area contributed by atoms with Crippen molar-refractivity contribution in [1.29, 1.82) is 0 Å². The van der Waals surface area contributed by atoms with Gasteiger partial charge in [-0.2, -0.15) is 0 Å². The molecule has 0 radical (unpaired) electrons. The van der Waals surface area contributed by atoms with Crippen molar-refractivity contribution in [3.63, 3.8) is 0 Å². The zero-order valence-corrected chi connectivity index (χ0v) is 9.74. The summed E-state index contributed by atoms with van der Waals surface area (Å²) in [7, 11) is 2.85. The van der Waals surface area contributed by atoms with E-state index in [2.05, 4.69) is 15.4 Å². The maximum Gasteiger partial charge on any atom is 0.337 e. The van der Waals surface area contributed by atoms with Crippen LogP contribution in [0.4, 0.5) is 11.4 Å². The van der Waals surface area contributed by atoms with Crippen LogP contribution in [0.2, 0.25) is 0 Å². The maximum absolute atomic E-state index is 11.2. The molecule has 1 aromatic rings. The highest BCUT2D eigenvalue weighted by molar-refractivity contribution is 5.92. The van der Waals surface area contributed by atoms with Crippen molar-refractivity contribution in [2.75, 3.05) is 31.8 Å². The second-order valence-corrected chi connectivity index (χ2v) is 3.32. The number of nitrogen functional groups attached to an aromatic ring is 1. The van der Waals surface area contributed by atoms with Crippen LogP contribution >= 0.6 is 0 Å². The molecule has 0 aliphatic rings. The van der Waals surface area contributed by atoms with Crippen LogP contribution < -0.4 is 16.4 Å². The third kappa shape index (κ3) is 3.37. The Hall–Kier alpha value is -2.24. The molecule has 92 valence electrons. The first kappa shape index (κ1) is 12.8. The van der Waals surface area contributed by atoms with E-state index in [4.69, 9.17) is 5.73 Å². The molecule has 0 atom stereocenters. The fourth-order valence-corrected chi connectivity index (χ4v) is 1.23. The van der Waals surface area contributed by atoms with Gasteiger partial charge in [-0.15, -0.1) is 0 Å². The Bertz CT molecular complexity index is 432. The van der Waals surface area contributed by atoms with E-state index >= 15 is 0 Å². The topological polar surface area (TPSA) is 93.5 Å². The molecule has 0 saturated heterocycles. The summed E-state index contributed by atoms with van der Waals surface area (Å²) in [6, 6.07) is 4.71. The summed E-state index contributed by atoms with van der Waals surface area (Å²) in [6.07, 6.45) is 0. The zero-order chi connectivity index (χ0) is 12.8. The highest BCUT2D eigenvalue weighted by Gasteiger charge is 2.08. The number of nitrogens with two attached hydrogens (primary N) is 1. The Morgan fingerprint density at radius 1 is 1.41 bits per heavy atom. The number of hydrogen-bond donors (Lipinski definition) is 3. The summed E-state index contributed by atoms with van der Waals surface area (Å²) in [5.41, 5.74) is 7.09. The standard InChI is InChI=1S/C11H15N3O3/c1-13-10(15)6-14-9-4-3-7(5-8(9)12)11(16)17-2/h3-5,14H,6,12H2,1-2H3,(H,13,15). The first-order valence-corrected chi connectivity index (χ1v) is 5.00. The lowest BCUT2D eigenvalue weighted by molar-refractivity contribution is -0.118. The van der Waals surface area contributed by atoms with Gasteiger partial charge in [0.2, 0.25) is 5.91 Å². The van der Waals surface area contributed by atoms with Gasteiger partial charge in [-0.05, 0) is 18.2 Å². The van der Waals surface area contributed by atoms with E-state index in [1.807, 2.05) is 0 Å². The van der Waals surface area contributed by atoms with Gasteiger partial charge in [0.15, 0.2) is 0 Å². The van der Waals surface area contributed by atoms with Crippen LogP contribution in [0.15, 0.2) is 18.2 Å². The van der Waals surface area contributed by atoms with Crippen LogP contribution in [0.3, 0.4) is 0 Å². The summed E-state index contributed by atoms with van der Waals surface area (Å²) in [6.45, 7) is 0.123. The first-order chi connectivity index (χ1) is 8.08. The van der Waals surface area contributed by atoms with E-state index in [0.29, 0.717) is 16.9 Å². The maximum atomic E-state index is 11.2. The molecule has 0 aliphatic heterocycles. The zero-order valence-electron chi connectivity index (χ0n) is 9.74. The number of anilines is 2. The molecule has 17 heavy (non-hydrogen) atoms. The monoisotopic (exact) mass is 237 g/mol. The van der Waals surface area contributed by atoms with Crippen molar-refractivity contribution < 1.29 is 14.3 Å². The third-order valence-corrected chi connectivity index (χ3v) is 2.19. The molecule has 4 N–H and O–H groups in total. The Kier molecular flexibility index (Phi) is 4.33. The molecular weight excluding hydrogens is 222 g/mol. The summed E-state index contributed by atoms with van der Waals surface area (Å²) in [5, 5.41) is 5.34. The molecule has 6 nitrogen and oxygen atoms in total. The van der Waals surface area contributed by atoms with E-state index < -0.39 is 5.97 Å². The third-order valence-electron chi connectivity index (χ3n) is 2.19. The van der Waals surface area contributed by atoms with Gasteiger partial charge < -0.3 is 21.1 Å². The second kappa shape index (κ2) is 5.74. The number of hydrogen-bond acceptors (Lipinski definition) is 5. The molecule has 0 fully saturated rings. The van der Waals surface area contributed by atoms with Crippen molar-refractivity contribution in [1.82, 2.24) is 5.32 Å². The summed E-state index contributed by atoms with van der Waals surface area (Å²) in [4.78, 5) is 22.3. The van der Waals surface area contributed by atoms with Crippen molar-refractivity contribution >= 4 is 23.3 Å². The second-order valence-electron chi connectivity index (χ2n) is 3.32. The predicted octanol–water partition coefficient (Wildman–Crippen LogP) is 0.213. The number of amides is 1. The van der Waals surface area contributed by atoms with Crippen LogP contribution in [0.25, 0.3) is 0 Å². The average molecular weight is 237 g/mol. The van der Waals surface area contributed by atoms with Gasteiger partial charge >= 0.3 is 5.97 Å². The molecule has 6 heteroatoms. The van der Waals surface area contributed by atoms with E-state index in [-0.39, 0.29) is 12.5 Å². The van der Waals surface area contributed by atoms with Crippen molar-refractivity contribution in [2.45, 2.75) is 0 Å². The number of nitrogens with one attached hydrogen (secondary N) is 2. The fraction of sp³-hybridized carbons (Fsp3) is 0.273. The van der Waals surface area contributed by atoms with Crippen LogP contribution in [0.1, 0.15) is 10.4 Å². The fourth-order valence-electron chi connectivity index (χ4n) is 1.23. The molecular formula is C11H15N3O3. The van der Waals surface area contributed by atoms with Crippen LogP contribution in [0, 0.1) is 0 Å². The van der Waals surface area contributed by atoms with Gasteiger partial charge in [0.1, 0.15) is 0 Å². The number of benzene rings is 1. The van der Waals surface area contributed by atoms with Gasteiger partial charge in [-0.1, -0.05) is 0 Å². The number of esters is 1. The van der Waals surface area contributed by atoms with E-state index in [1.54, 1.807) is 19.2 Å². The first-order valence-electron chi connectivity index (χ1n) is 5.00.